The van der Waals surface area contributed by atoms with Crippen molar-refractivity contribution in [2.24, 2.45) is 0 Å². The lowest BCUT2D eigenvalue weighted by Crippen LogP contribution is -2.31. The summed E-state index contributed by atoms with van der Waals surface area (Å²) in [6.45, 7) is 7.86. The van der Waals surface area contributed by atoms with E-state index in [4.69, 9.17) is 15.2 Å². The highest BCUT2D eigenvalue weighted by Gasteiger charge is 2.19. The van der Waals surface area contributed by atoms with Crippen molar-refractivity contribution in [2.75, 3.05) is 25.5 Å². The van der Waals surface area contributed by atoms with Crippen LogP contribution in [0.4, 0.5) is 5.95 Å². The first kappa shape index (κ1) is 16.5. The molecule has 0 saturated carbocycles. The lowest BCUT2D eigenvalue weighted by molar-refractivity contribution is 0.236. The maximum absolute atomic E-state index is 5.80. The van der Waals surface area contributed by atoms with Gasteiger partial charge in [0, 0.05) is 49.4 Å². The molecule has 1 aromatic heterocycles. The fourth-order valence-electron chi connectivity index (χ4n) is 2.98. The normalized spacial score (nSPS) is 14.2. The van der Waals surface area contributed by atoms with Crippen LogP contribution in [0.3, 0.4) is 0 Å². The van der Waals surface area contributed by atoms with Gasteiger partial charge in [-0.15, -0.1) is 0 Å². The number of ether oxygens (including phenoxy) is 2. The summed E-state index contributed by atoms with van der Waals surface area (Å²) in [6.07, 6.45) is 2.73. The topological polar surface area (TPSA) is 73.5 Å². The Kier molecular flexibility index (Phi) is 5.15. The molecule has 1 aliphatic heterocycles. The Morgan fingerprint density at radius 1 is 1.21 bits per heavy atom. The standard InChI is InChI=1S/C18H24N4O2/c1-3-23-15-6-5-13(17(9-15)24-4-2)11-22-8-7-16-14(12-22)10-20-18(19)21-16/h5-6,9-10H,3-4,7-8,11-12H2,1-2H3,(H2,19,20,21). The van der Waals surface area contributed by atoms with Crippen LogP contribution < -0.4 is 15.2 Å². The summed E-state index contributed by atoms with van der Waals surface area (Å²) in [5.41, 5.74) is 9.05. The minimum atomic E-state index is 0.354. The molecular weight excluding hydrogens is 304 g/mol. The van der Waals surface area contributed by atoms with E-state index >= 15 is 0 Å². The predicted octanol–water partition coefficient (Wildman–Crippen LogP) is 2.41. The molecule has 0 amide bonds. The maximum atomic E-state index is 5.80. The molecule has 0 unspecified atom stereocenters. The summed E-state index contributed by atoms with van der Waals surface area (Å²) < 4.78 is 11.4. The first-order valence-electron chi connectivity index (χ1n) is 8.40. The molecule has 128 valence electrons. The number of benzene rings is 1. The Hall–Kier alpha value is -2.34. The van der Waals surface area contributed by atoms with Crippen molar-refractivity contribution >= 4 is 5.95 Å². The number of fused-ring (bicyclic) bond motifs is 1. The van der Waals surface area contributed by atoms with Crippen molar-refractivity contribution in [1.82, 2.24) is 14.9 Å². The van der Waals surface area contributed by atoms with Gasteiger partial charge >= 0.3 is 0 Å². The van der Waals surface area contributed by atoms with Crippen LogP contribution in [0, 0.1) is 0 Å². The highest BCUT2D eigenvalue weighted by atomic mass is 16.5. The fourth-order valence-corrected chi connectivity index (χ4v) is 2.98. The van der Waals surface area contributed by atoms with Gasteiger partial charge in [-0.2, -0.15) is 0 Å². The lowest BCUT2D eigenvalue weighted by atomic mass is 10.1. The Balaban J connectivity index is 1.75. The van der Waals surface area contributed by atoms with Crippen molar-refractivity contribution in [1.29, 1.82) is 0 Å². The first-order chi connectivity index (χ1) is 11.7. The second kappa shape index (κ2) is 7.49. The van der Waals surface area contributed by atoms with Crippen LogP contribution in [0.15, 0.2) is 24.4 Å². The van der Waals surface area contributed by atoms with Crippen molar-refractivity contribution in [3.05, 3.63) is 41.2 Å². The van der Waals surface area contributed by atoms with Crippen LogP contribution in [-0.2, 0) is 19.5 Å². The number of hydrogen-bond donors (Lipinski definition) is 1. The van der Waals surface area contributed by atoms with Gasteiger partial charge in [0.1, 0.15) is 11.5 Å². The van der Waals surface area contributed by atoms with Crippen LogP contribution in [0.1, 0.15) is 30.7 Å². The molecule has 2 heterocycles. The molecule has 0 radical (unpaired) electrons. The molecule has 6 heteroatoms. The predicted molar refractivity (Wildman–Crippen MR) is 93.0 cm³/mol. The van der Waals surface area contributed by atoms with E-state index in [1.165, 1.54) is 5.56 Å². The van der Waals surface area contributed by atoms with E-state index in [0.717, 1.165) is 48.8 Å². The molecule has 0 spiro atoms. The summed E-state index contributed by atoms with van der Waals surface area (Å²) in [4.78, 5) is 10.8. The van der Waals surface area contributed by atoms with Crippen LogP contribution in [0.2, 0.25) is 0 Å². The van der Waals surface area contributed by atoms with Gasteiger partial charge in [0.25, 0.3) is 0 Å². The Morgan fingerprint density at radius 3 is 2.83 bits per heavy atom. The van der Waals surface area contributed by atoms with Gasteiger partial charge in [-0.05, 0) is 19.9 Å². The minimum Gasteiger partial charge on any atom is -0.494 e. The van der Waals surface area contributed by atoms with Gasteiger partial charge in [0.15, 0.2) is 0 Å². The Labute approximate surface area is 142 Å². The number of hydrogen-bond acceptors (Lipinski definition) is 6. The number of nitrogens with zero attached hydrogens (tertiary/aromatic N) is 3. The molecule has 24 heavy (non-hydrogen) atoms. The average molecular weight is 328 g/mol. The molecular formula is C18H24N4O2. The summed E-state index contributed by atoms with van der Waals surface area (Å²) in [7, 11) is 0. The minimum absolute atomic E-state index is 0.354. The Bertz CT molecular complexity index is 705. The Morgan fingerprint density at radius 2 is 2.04 bits per heavy atom. The lowest BCUT2D eigenvalue weighted by Gasteiger charge is -2.28. The van der Waals surface area contributed by atoms with E-state index in [-0.39, 0.29) is 0 Å². The zero-order valence-corrected chi connectivity index (χ0v) is 14.3. The summed E-state index contributed by atoms with van der Waals surface area (Å²) in [5.74, 6) is 2.09. The second-order valence-electron chi connectivity index (χ2n) is 5.80. The fraction of sp³-hybridized carbons (Fsp3) is 0.444. The van der Waals surface area contributed by atoms with E-state index in [1.54, 1.807) is 0 Å². The third-order valence-electron chi connectivity index (χ3n) is 4.08. The van der Waals surface area contributed by atoms with E-state index < -0.39 is 0 Å². The van der Waals surface area contributed by atoms with E-state index in [0.29, 0.717) is 19.2 Å². The molecule has 0 bridgehead atoms. The molecule has 0 aliphatic carbocycles. The molecule has 1 aromatic carbocycles. The van der Waals surface area contributed by atoms with E-state index in [2.05, 4.69) is 20.9 Å². The largest absolute Gasteiger partial charge is 0.494 e. The molecule has 2 N–H and O–H groups in total. The van der Waals surface area contributed by atoms with Crippen molar-refractivity contribution < 1.29 is 9.47 Å². The monoisotopic (exact) mass is 328 g/mol. The molecule has 3 rings (SSSR count). The number of aromatic nitrogens is 2. The molecule has 0 saturated heterocycles. The second-order valence-corrected chi connectivity index (χ2v) is 5.80. The third kappa shape index (κ3) is 3.76. The van der Waals surface area contributed by atoms with Crippen molar-refractivity contribution in [3.63, 3.8) is 0 Å². The summed E-state index contributed by atoms with van der Waals surface area (Å²) >= 11 is 0. The number of nitrogens with two attached hydrogens (primary N) is 1. The zero-order valence-electron chi connectivity index (χ0n) is 14.3. The summed E-state index contributed by atoms with van der Waals surface area (Å²) in [5, 5.41) is 0. The maximum Gasteiger partial charge on any atom is 0.220 e. The molecule has 1 aliphatic rings. The van der Waals surface area contributed by atoms with Crippen molar-refractivity contribution in [3.8, 4) is 11.5 Å². The zero-order chi connectivity index (χ0) is 16.9. The van der Waals surface area contributed by atoms with E-state index in [9.17, 15) is 0 Å². The van der Waals surface area contributed by atoms with Crippen LogP contribution in [-0.4, -0.2) is 34.6 Å². The quantitative estimate of drug-likeness (QED) is 0.878. The number of rotatable bonds is 6. The summed E-state index contributed by atoms with van der Waals surface area (Å²) in [6, 6.07) is 6.07. The highest BCUT2D eigenvalue weighted by Crippen LogP contribution is 2.28. The van der Waals surface area contributed by atoms with Gasteiger partial charge in [0.2, 0.25) is 5.95 Å². The van der Waals surface area contributed by atoms with Gasteiger partial charge in [-0.1, -0.05) is 6.07 Å². The van der Waals surface area contributed by atoms with Gasteiger partial charge < -0.3 is 15.2 Å². The van der Waals surface area contributed by atoms with Crippen LogP contribution in [0.5, 0.6) is 11.5 Å². The molecule has 6 nitrogen and oxygen atoms in total. The van der Waals surface area contributed by atoms with E-state index in [1.807, 2.05) is 32.2 Å². The number of nitrogen functional groups attached to an aromatic ring is 1. The molecule has 0 fully saturated rings. The van der Waals surface area contributed by atoms with Crippen molar-refractivity contribution in [2.45, 2.75) is 33.4 Å². The van der Waals surface area contributed by atoms with Gasteiger partial charge in [-0.25, -0.2) is 9.97 Å². The third-order valence-corrected chi connectivity index (χ3v) is 4.08. The highest BCUT2D eigenvalue weighted by molar-refractivity contribution is 5.41. The van der Waals surface area contributed by atoms with Crippen LogP contribution in [0.25, 0.3) is 0 Å². The number of anilines is 1. The first-order valence-corrected chi connectivity index (χ1v) is 8.40. The van der Waals surface area contributed by atoms with Crippen LogP contribution >= 0.6 is 0 Å². The van der Waals surface area contributed by atoms with Gasteiger partial charge in [-0.3, -0.25) is 4.90 Å². The smallest absolute Gasteiger partial charge is 0.220 e. The SMILES string of the molecule is CCOc1ccc(CN2CCc3nc(N)ncc3C2)c(OCC)c1. The average Bonchev–Trinajstić information content (AvgIpc) is 2.58. The molecule has 2 aromatic rings. The van der Waals surface area contributed by atoms with Gasteiger partial charge in [0.05, 0.1) is 18.9 Å². The molecule has 0 atom stereocenters.